The van der Waals surface area contributed by atoms with Crippen LogP contribution in [0, 0.1) is 17.0 Å². The molecule has 1 heterocycles. The van der Waals surface area contributed by atoms with Crippen LogP contribution in [0.2, 0.25) is 0 Å². The van der Waals surface area contributed by atoms with Crippen LogP contribution in [0.4, 0.5) is 5.69 Å². The highest BCUT2D eigenvalue weighted by atomic mass is 16.6. The molecule has 0 saturated carbocycles. The summed E-state index contributed by atoms with van der Waals surface area (Å²) < 4.78 is 9.69. The third-order valence-electron chi connectivity index (χ3n) is 2.48. The molecule has 2 rings (SSSR count). The minimum absolute atomic E-state index is 0.0765. The monoisotopic (exact) mass is 263 g/mol. The van der Waals surface area contributed by atoms with Crippen molar-refractivity contribution in [2.75, 3.05) is 0 Å². The molecule has 0 aliphatic heterocycles. The van der Waals surface area contributed by atoms with Crippen LogP contribution in [-0.4, -0.2) is 10.9 Å². The molecule has 0 radical (unpaired) electrons. The van der Waals surface area contributed by atoms with E-state index in [0.717, 1.165) is 13.0 Å². The molecule has 0 aliphatic rings. The zero-order valence-corrected chi connectivity index (χ0v) is 10.1. The lowest BCUT2D eigenvalue weighted by Crippen LogP contribution is -2.06. The maximum atomic E-state index is 11.2. The first-order chi connectivity index (χ1) is 8.90. The number of carbonyl (C=O) groups excluding carboxylic acids is 1. The predicted molar refractivity (Wildman–Crippen MR) is 65.2 cm³/mol. The first kappa shape index (κ1) is 12.7. The van der Waals surface area contributed by atoms with Crippen LogP contribution in [0.25, 0.3) is 11.0 Å². The van der Waals surface area contributed by atoms with Gasteiger partial charge in [-0.15, -0.1) is 0 Å². The molecule has 0 spiro atoms. The molecular weight excluding hydrogens is 254 g/mol. The Morgan fingerprint density at radius 3 is 2.68 bits per heavy atom. The van der Waals surface area contributed by atoms with Crippen molar-refractivity contribution in [2.24, 2.45) is 0 Å². The van der Waals surface area contributed by atoms with Crippen molar-refractivity contribution in [2.45, 2.75) is 13.8 Å². The maximum Gasteiger partial charge on any atom is 0.336 e. The number of esters is 1. The van der Waals surface area contributed by atoms with Crippen LogP contribution < -0.4 is 10.4 Å². The molecule has 19 heavy (non-hydrogen) atoms. The normalized spacial score (nSPS) is 10.4. The number of carbonyl (C=O) groups is 1. The lowest BCUT2D eigenvalue weighted by atomic mass is 10.1. The standard InChI is InChI=1S/C12H9NO6/c1-6-5-10(15)19-8-3-4-9(18-7(2)14)12(11(6)8)13(16)17/h3-5H,1-2H3. The summed E-state index contributed by atoms with van der Waals surface area (Å²) in [4.78, 5) is 32.6. The van der Waals surface area contributed by atoms with Gasteiger partial charge in [0, 0.05) is 13.0 Å². The second kappa shape index (κ2) is 4.52. The summed E-state index contributed by atoms with van der Waals surface area (Å²) in [6.45, 7) is 2.69. The minimum atomic E-state index is -0.673. The van der Waals surface area contributed by atoms with Gasteiger partial charge < -0.3 is 9.15 Å². The van der Waals surface area contributed by atoms with E-state index in [1.165, 1.54) is 12.1 Å². The van der Waals surface area contributed by atoms with Crippen molar-refractivity contribution < 1.29 is 18.9 Å². The number of ether oxygens (including phenoxy) is 1. The van der Waals surface area contributed by atoms with Crippen molar-refractivity contribution in [3.8, 4) is 5.75 Å². The zero-order chi connectivity index (χ0) is 14.2. The van der Waals surface area contributed by atoms with Crippen molar-refractivity contribution in [1.82, 2.24) is 0 Å². The molecule has 0 fully saturated rings. The van der Waals surface area contributed by atoms with E-state index in [4.69, 9.17) is 9.15 Å². The van der Waals surface area contributed by atoms with Crippen molar-refractivity contribution in [1.29, 1.82) is 0 Å². The highest BCUT2D eigenvalue weighted by molar-refractivity contribution is 5.93. The molecule has 0 N–H and O–H groups in total. The SMILES string of the molecule is CC(=O)Oc1ccc2oc(=O)cc(C)c2c1[N+](=O)[O-]. The Kier molecular flexibility index (Phi) is 3.04. The van der Waals surface area contributed by atoms with Gasteiger partial charge in [0.15, 0.2) is 0 Å². The Bertz CT molecular complexity index is 746. The van der Waals surface area contributed by atoms with E-state index in [9.17, 15) is 19.7 Å². The van der Waals surface area contributed by atoms with Crippen LogP contribution in [0.5, 0.6) is 5.75 Å². The van der Waals surface area contributed by atoms with Crippen LogP contribution in [0.15, 0.2) is 27.4 Å². The molecule has 7 nitrogen and oxygen atoms in total. The van der Waals surface area contributed by atoms with Gasteiger partial charge in [-0.2, -0.15) is 0 Å². The number of rotatable bonds is 2. The van der Waals surface area contributed by atoms with Gasteiger partial charge >= 0.3 is 17.3 Å². The Morgan fingerprint density at radius 2 is 2.11 bits per heavy atom. The molecule has 0 amide bonds. The van der Waals surface area contributed by atoms with Crippen LogP contribution in [-0.2, 0) is 4.79 Å². The number of nitrogens with zero attached hydrogens (tertiary/aromatic N) is 1. The smallest absolute Gasteiger partial charge is 0.336 e. The zero-order valence-electron chi connectivity index (χ0n) is 10.1. The maximum absolute atomic E-state index is 11.2. The van der Waals surface area contributed by atoms with E-state index in [1.54, 1.807) is 6.92 Å². The Balaban J connectivity index is 2.88. The van der Waals surface area contributed by atoms with Crippen molar-refractivity contribution in [3.05, 3.63) is 44.3 Å². The predicted octanol–water partition coefficient (Wildman–Crippen LogP) is 1.93. The third kappa shape index (κ3) is 2.30. The summed E-state index contributed by atoms with van der Waals surface area (Å²) in [6.07, 6.45) is 0. The molecule has 0 aliphatic carbocycles. The van der Waals surface area contributed by atoms with Crippen LogP contribution >= 0.6 is 0 Å². The molecule has 7 heteroatoms. The van der Waals surface area contributed by atoms with Gasteiger partial charge in [-0.25, -0.2) is 4.79 Å². The number of hydrogen-bond donors (Lipinski definition) is 0. The number of hydrogen-bond acceptors (Lipinski definition) is 6. The fraction of sp³-hybridized carbons (Fsp3) is 0.167. The largest absolute Gasteiger partial charge is 0.422 e. The number of nitro benzene ring substituents is 1. The highest BCUT2D eigenvalue weighted by Crippen LogP contribution is 2.36. The van der Waals surface area contributed by atoms with E-state index in [2.05, 4.69) is 0 Å². The molecule has 0 unspecified atom stereocenters. The fourth-order valence-corrected chi connectivity index (χ4v) is 1.82. The minimum Gasteiger partial charge on any atom is -0.422 e. The average molecular weight is 263 g/mol. The molecule has 1 aromatic carbocycles. The summed E-state index contributed by atoms with van der Waals surface area (Å²) in [7, 11) is 0. The molecule has 98 valence electrons. The second-order valence-electron chi connectivity index (χ2n) is 3.88. The van der Waals surface area contributed by atoms with E-state index in [0.29, 0.717) is 5.56 Å². The van der Waals surface area contributed by atoms with E-state index in [-0.39, 0.29) is 16.7 Å². The second-order valence-corrected chi connectivity index (χ2v) is 3.88. The molecule has 1 aromatic heterocycles. The Hall–Kier alpha value is -2.70. The summed E-state index contributed by atoms with van der Waals surface area (Å²) >= 11 is 0. The molecule has 0 saturated heterocycles. The lowest BCUT2D eigenvalue weighted by molar-refractivity contribution is -0.383. The van der Waals surface area contributed by atoms with E-state index in [1.807, 2.05) is 0 Å². The summed E-state index contributed by atoms with van der Waals surface area (Å²) in [6, 6.07) is 3.73. The van der Waals surface area contributed by atoms with Crippen LogP contribution in [0.1, 0.15) is 12.5 Å². The first-order valence-corrected chi connectivity index (χ1v) is 5.30. The molecule has 0 atom stereocenters. The van der Waals surface area contributed by atoms with Gasteiger partial charge in [0.05, 0.1) is 4.92 Å². The van der Waals surface area contributed by atoms with Gasteiger partial charge in [-0.3, -0.25) is 14.9 Å². The number of nitro groups is 1. The van der Waals surface area contributed by atoms with Crippen molar-refractivity contribution >= 4 is 22.6 Å². The molecule has 2 aromatic rings. The molecule has 0 bridgehead atoms. The van der Waals surface area contributed by atoms with Crippen LogP contribution in [0.3, 0.4) is 0 Å². The first-order valence-electron chi connectivity index (χ1n) is 5.30. The van der Waals surface area contributed by atoms with E-state index < -0.39 is 22.2 Å². The Morgan fingerprint density at radius 1 is 1.42 bits per heavy atom. The number of aryl methyl sites for hydroxylation is 1. The van der Waals surface area contributed by atoms with E-state index >= 15 is 0 Å². The van der Waals surface area contributed by atoms with Gasteiger partial charge in [0.25, 0.3) is 0 Å². The van der Waals surface area contributed by atoms with Gasteiger partial charge in [-0.1, -0.05) is 0 Å². The average Bonchev–Trinajstić information content (AvgIpc) is 2.28. The third-order valence-corrected chi connectivity index (χ3v) is 2.48. The van der Waals surface area contributed by atoms with Gasteiger partial charge in [0.2, 0.25) is 5.75 Å². The van der Waals surface area contributed by atoms with Crippen molar-refractivity contribution in [3.63, 3.8) is 0 Å². The summed E-state index contributed by atoms with van der Waals surface area (Å²) in [5, 5.41) is 11.3. The summed E-state index contributed by atoms with van der Waals surface area (Å²) in [5.41, 5.74) is -0.534. The number of benzene rings is 1. The molecular formula is C12H9NO6. The number of fused-ring (bicyclic) bond motifs is 1. The quantitative estimate of drug-likeness (QED) is 0.270. The Labute approximate surface area is 106 Å². The lowest BCUT2D eigenvalue weighted by Gasteiger charge is -2.06. The summed E-state index contributed by atoms with van der Waals surface area (Å²) in [5.74, 6) is -0.848. The van der Waals surface area contributed by atoms with Gasteiger partial charge in [0.1, 0.15) is 11.0 Å². The highest BCUT2D eigenvalue weighted by Gasteiger charge is 2.24. The fourth-order valence-electron chi connectivity index (χ4n) is 1.82. The topological polar surface area (TPSA) is 99.7 Å². The van der Waals surface area contributed by atoms with Gasteiger partial charge in [-0.05, 0) is 24.6 Å².